The van der Waals surface area contributed by atoms with Crippen molar-refractivity contribution in [2.75, 3.05) is 18.0 Å². The molecular weight excluding hydrogens is 410 g/mol. The molecule has 2 N–H and O–H groups in total. The Kier molecular flexibility index (Phi) is 5.04. The van der Waals surface area contributed by atoms with E-state index in [1.807, 2.05) is 12.1 Å². The predicted octanol–water partition coefficient (Wildman–Crippen LogP) is 5.21. The second-order valence-corrected chi connectivity index (χ2v) is 8.46. The molecule has 1 saturated carbocycles. The highest BCUT2D eigenvalue weighted by molar-refractivity contribution is 5.80. The highest BCUT2D eigenvalue weighted by atomic mass is 19.4. The molecule has 5 rings (SSSR count). The van der Waals surface area contributed by atoms with Gasteiger partial charge in [-0.25, -0.2) is 4.39 Å². The second-order valence-electron chi connectivity index (χ2n) is 8.46. The largest absolute Gasteiger partial charge is 0.573 e. The van der Waals surface area contributed by atoms with Crippen molar-refractivity contribution in [1.82, 2.24) is 10.3 Å². The fraction of sp³-hybridized carbons (Fsp3) is 0.391. The summed E-state index contributed by atoms with van der Waals surface area (Å²) in [6, 6.07) is 13.2. The first-order chi connectivity index (χ1) is 14.8. The van der Waals surface area contributed by atoms with E-state index in [0.29, 0.717) is 24.4 Å². The third-order valence-electron chi connectivity index (χ3n) is 6.47. The van der Waals surface area contributed by atoms with E-state index in [1.54, 1.807) is 12.1 Å². The maximum absolute atomic E-state index is 13.4. The Labute approximate surface area is 177 Å². The number of rotatable bonds is 5. The number of hydrogen-bond donors (Lipinski definition) is 2. The van der Waals surface area contributed by atoms with Crippen LogP contribution < -0.4 is 15.0 Å². The summed E-state index contributed by atoms with van der Waals surface area (Å²) in [4.78, 5) is 5.47. The van der Waals surface area contributed by atoms with Gasteiger partial charge < -0.3 is 19.9 Å². The molecular formula is C23H23F4N3O. The molecule has 1 aromatic heterocycles. The first kappa shape index (κ1) is 20.2. The summed E-state index contributed by atoms with van der Waals surface area (Å²) in [5, 5.41) is 4.49. The summed E-state index contributed by atoms with van der Waals surface area (Å²) in [5.41, 5.74) is 2.68. The van der Waals surface area contributed by atoms with Gasteiger partial charge in [-0.3, -0.25) is 0 Å². The third kappa shape index (κ3) is 4.35. The Bertz CT molecular complexity index is 1080. The minimum absolute atomic E-state index is 0.188. The van der Waals surface area contributed by atoms with Crippen molar-refractivity contribution < 1.29 is 22.3 Å². The molecule has 164 valence electrons. The minimum atomic E-state index is -4.69. The van der Waals surface area contributed by atoms with Crippen LogP contribution >= 0.6 is 0 Å². The fourth-order valence-electron chi connectivity index (χ4n) is 5.11. The fourth-order valence-corrected chi connectivity index (χ4v) is 5.11. The molecule has 8 heteroatoms. The number of H-pyrrole nitrogens is 1. The van der Waals surface area contributed by atoms with Crippen molar-refractivity contribution in [3.63, 3.8) is 0 Å². The number of benzene rings is 2. The number of halogens is 4. The molecule has 0 amide bonds. The molecule has 2 aliphatic rings. The van der Waals surface area contributed by atoms with Crippen LogP contribution in [0.3, 0.4) is 0 Å². The molecule has 3 aromatic rings. The molecule has 2 aromatic carbocycles. The van der Waals surface area contributed by atoms with Gasteiger partial charge in [0, 0.05) is 54.0 Å². The van der Waals surface area contributed by atoms with Gasteiger partial charge >= 0.3 is 6.36 Å². The SMILES string of the molecule is Fc1ccc2[nH]c(CNC3CCC4CN(c5cccc(OC(F)(F)F)c5)CC43)cc2c1. The number of aromatic amines is 1. The molecule has 0 bridgehead atoms. The van der Waals surface area contributed by atoms with E-state index in [2.05, 4.69) is 19.9 Å². The first-order valence-corrected chi connectivity index (χ1v) is 10.5. The van der Waals surface area contributed by atoms with Crippen LogP contribution in [0.1, 0.15) is 18.5 Å². The van der Waals surface area contributed by atoms with Crippen molar-refractivity contribution in [1.29, 1.82) is 0 Å². The van der Waals surface area contributed by atoms with E-state index in [4.69, 9.17) is 0 Å². The first-order valence-electron chi connectivity index (χ1n) is 10.5. The average molecular weight is 433 g/mol. The zero-order valence-electron chi connectivity index (χ0n) is 16.8. The molecule has 1 saturated heterocycles. The van der Waals surface area contributed by atoms with Crippen LogP contribution in [0.2, 0.25) is 0 Å². The highest BCUT2D eigenvalue weighted by Crippen LogP contribution is 2.41. The van der Waals surface area contributed by atoms with Gasteiger partial charge in [0.1, 0.15) is 11.6 Å². The van der Waals surface area contributed by atoms with E-state index < -0.39 is 6.36 Å². The molecule has 2 fully saturated rings. The van der Waals surface area contributed by atoms with Gasteiger partial charge in [-0.05, 0) is 61.1 Å². The van der Waals surface area contributed by atoms with Crippen LogP contribution in [-0.4, -0.2) is 30.5 Å². The molecule has 0 spiro atoms. The normalized spacial score (nSPS) is 23.5. The topological polar surface area (TPSA) is 40.3 Å². The van der Waals surface area contributed by atoms with Crippen molar-refractivity contribution in [2.24, 2.45) is 11.8 Å². The van der Waals surface area contributed by atoms with Gasteiger partial charge in [-0.2, -0.15) is 0 Å². The summed E-state index contributed by atoms with van der Waals surface area (Å²) >= 11 is 0. The molecule has 31 heavy (non-hydrogen) atoms. The molecule has 2 heterocycles. The molecule has 4 nitrogen and oxygen atoms in total. The number of anilines is 1. The van der Waals surface area contributed by atoms with Crippen molar-refractivity contribution in [3.05, 3.63) is 60.0 Å². The Balaban J connectivity index is 1.23. The zero-order valence-corrected chi connectivity index (χ0v) is 16.8. The van der Waals surface area contributed by atoms with Gasteiger partial charge in [0.25, 0.3) is 0 Å². The third-order valence-corrected chi connectivity index (χ3v) is 6.47. The van der Waals surface area contributed by atoms with Crippen molar-refractivity contribution in [3.8, 4) is 5.75 Å². The van der Waals surface area contributed by atoms with E-state index in [-0.39, 0.29) is 11.6 Å². The van der Waals surface area contributed by atoms with Crippen molar-refractivity contribution >= 4 is 16.6 Å². The van der Waals surface area contributed by atoms with Gasteiger partial charge in [0.15, 0.2) is 0 Å². The Morgan fingerprint density at radius 1 is 1.06 bits per heavy atom. The van der Waals surface area contributed by atoms with Crippen LogP contribution in [0, 0.1) is 17.7 Å². The van der Waals surface area contributed by atoms with Gasteiger partial charge in [-0.1, -0.05) is 6.07 Å². The van der Waals surface area contributed by atoms with Crippen LogP contribution in [0.5, 0.6) is 5.75 Å². The monoisotopic (exact) mass is 433 g/mol. The predicted molar refractivity (Wildman–Crippen MR) is 110 cm³/mol. The van der Waals surface area contributed by atoms with Crippen LogP contribution in [0.4, 0.5) is 23.2 Å². The van der Waals surface area contributed by atoms with Crippen molar-refractivity contribution in [2.45, 2.75) is 31.8 Å². The van der Waals surface area contributed by atoms with Gasteiger partial charge in [0.2, 0.25) is 0 Å². The Hall–Kier alpha value is -2.74. The molecule has 1 aliphatic heterocycles. The van der Waals surface area contributed by atoms with Crippen LogP contribution in [0.25, 0.3) is 10.9 Å². The lowest BCUT2D eigenvalue weighted by atomic mass is 9.98. The maximum Gasteiger partial charge on any atom is 0.573 e. The van der Waals surface area contributed by atoms with E-state index in [0.717, 1.165) is 48.2 Å². The minimum Gasteiger partial charge on any atom is -0.406 e. The Morgan fingerprint density at radius 3 is 2.77 bits per heavy atom. The summed E-state index contributed by atoms with van der Waals surface area (Å²) in [5.74, 6) is 0.517. The van der Waals surface area contributed by atoms with Gasteiger partial charge in [-0.15, -0.1) is 13.2 Å². The maximum atomic E-state index is 13.4. The van der Waals surface area contributed by atoms with E-state index >= 15 is 0 Å². The number of hydrogen-bond acceptors (Lipinski definition) is 3. The lowest BCUT2D eigenvalue weighted by Crippen LogP contribution is -2.35. The number of ether oxygens (including phenoxy) is 1. The second kappa shape index (κ2) is 7.75. The zero-order chi connectivity index (χ0) is 21.6. The van der Waals surface area contributed by atoms with E-state index in [9.17, 15) is 17.6 Å². The number of aromatic nitrogens is 1. The molecule has 0 radical (unpaired) electrons. The summed E-state index contributed by atoms with van der Waals surface area (Å²) in [7, 11) is 0. The lowest BCUT2D eigenvalue weighted by Gasteiger charge is -2.23. The van der Waals surface area contributed by atoms with Crippen LogP contribution in [-0.2, 0) is 6.54 Å². The molecule has 3 atom stereocenters. The number of fused-ring (bicyclic) bond motifs is 2. The molecule has 1 aliphatic carbocycles. The average Bonchev–Trinajstić information content (AvgIpc) is 3.39. The lowest BCUT2D eigenvalue weighted by molar-refractivity contribution is -0.274. The summed E-state index contributed by atoms with van der Waals surface area (Å²) in [6.45, 7) is 2.30. The number of alkyl halides is 3. The van der Waals surface area contributed by atoms with Gasteiger partial charge in [0.05, 0.1) is 0 Å². The smallest absolute Gasteiger partial charge is 0.406 e. The Morgan fingerprint density at radius 2 is 1.94 bits per heavy atom. The quantitative estimate of drug-likeness (QED) is 0.543. The highest BCUT2D eigenvalue weighted by Gasteiger charge is 2.42. The number of nitrogens with zero attached hydrogens (tertiary/aromatic N) is 1. The summed E-state index contributed by atoms with van der Waals surface area (Å²) in [6.07, 6.45) is -2.52. The summed E-state index contributed by atoms with van der Waals surface area (Å²) < 4.78 is 55.1. The number of nitrogens with one attached hydrogen (secondary N) is 2. The van der Waals surface area contributed by atoms with Crippen LogP contribution in [0.15, 0.2) is 48.5 Å². The standard InChI is InChI=1S/C23H23F4N3O/c24-16-5-7-21-15(8-16)9-17(29-21)11-28-22-6-4-14-12-30(13-20(14)22)18-2-1-3-19(10-18)31-23(25,26)27/h1-3,5,7-10,14,20,22,28-29H,4,6,11-13H2. The van der Waals surface area contributed by atoms with E-state index in [1.165, 1.54) is 24.3 Å². The molecule has 3 unspecified atom stereocenters.